The minimum absolute atomic E-state index is 0.0124. The van der Waals surface area contributed by atoms with Crippen molar-refractivity contribution in [3.05, 3.63) is 96.9 Å². The molecular formula is C25H18N2O6S. The van der Waals surface area contributed by atoms with Gasteiger partial charge in [-0.2, -0.15) is 0 Å². The smallest absolute Gasteiger partial charge is 0.281 e. The van der Waals surface area contributed by atoms with Crippen molar-refractivity contribution in [3.63, 3.8) is 0 Å². The Balaban J connectivity index is 2.08. The zero-order valence-electron chi connectivity index (χ0n) is 18.1. The Bertz CT molecular complexity index is 1940. The van der Waals surface area contributed by atoms with Crippen LogP contribution in [0, 0.1) is 10.4 Å². The summed E-state index contributed by atoms with van der Waals surface area (Å²) in [5.41, 5.74) is -1.04. The molecule has 0 fully saturated rings. The first-order valence-electron chi connectivity index (χ1n) is 10.2. The van der Waals surface area contributed by atoms with Gasteiger partial charge in [0.1, 0.15) is 17.0 Å². The molecule has 8 nitrogen and oxygen atoms in total. The van der Waals surface area contributed by atoms with Crippen LogP contribution in [0.25, 0.3) is 27.4 Å². The van der Waals surface area contributed by atoms with E-state index >= 15 is 0 Å². The lowest BCUT2D eigenvalue weighted by atomic mass is 9.97. The third kappa shape index (κ3) is 3.12. The number of aliphatic hydroxyl groups is 1. The fourth-order valence-corrected chi connectivity index (χ4v) is 5.39. The maximum atomic E-state index is 13.7. The van der Waals surface area contributed by atoms with Crippen LogP contribution in [-0.2, 0) is 10.0 Å². The van der Waals surface area contributed by atoms with Gasteiger partial charge in [0, 0.05) is 21.9 Å². The minimum atomic E-state index is -4.06. The second-order valence-electron chi connectivity index (χ2n) is 7.77. The zero-order valence-corrected chi connectivity index (χ0v) is 18.9. The van der Waals surface area contributed by atoms with Crippen LogP contribution in [0.5, 0.6) is 5.75 Å². The number of methoxy groups -OCH3 is 1. The Morgan fingerprint density at radius 2 is 1.62 bits per heavy atom. The molecule has 0 saturated carbocycles. The molecule has 1 aliphatic carbocycles. The number of benzene rings is 3. The Kier molecular flexibility index (Phi) is 4.87. The van der Waals surface area contributed by atoms with Gasteiger partial charge < -0.3 is 9.84 Å². The monoisotopic (exact) mass is 474 g/mol. The molecule has 0 saturated heterocycles. The van der Waals surface area contributed by atoms with Gasteiger partial charge in [-0.05, 0) is 24.4 Å². The average Bonchev–Trinajstić information content (AvgIpc) is 2.82. The van der Waals surface area contributed by atoms with Gasteiger partial charge in [0.05, 0.1) is 28.3 Å². The first-order chi connectivity index (χ1) is 16.2. The number of hydrogen-bond acceptors (Lipinski definition) is 7. The van der Waals surface area contributed by atoms with Crippen molar-refractivity contribution in [3.8, 4) is 5.75 Å². The molecule has 170 valence electrons. The van der Waals surface area contributed by atoms with Gasteiger partial charge in [-0.3, -0.25) is 14.3 Å². The molecule has 0 aromatic heterocycles. The second kappa shape index (κ2) is 7.67. The van der Waals surface area contributed by atoms with E-state index in [-0.39, 0.29) is 48.8 Å². The van der Waals surface area contributed by atoms with Crippen LogP contribution in [0.4, 0.5) is 5.69 Å². The van der Waals surface area contributed by atoms with Gasteiger partial charge in [0.2, 0.25) is 0 Å². The fraction of sp³-hybridized carbons (Fsp3) is 0.0800. The molecule has 5 rings (SSSR count). The summed E-state index contributed by atoms with van der Waals surface area (Å²) in [5, 5.41) is 11.6. The lowest BCUT2D eigenvalue weighted by Crippen LogP contribution is -2.32. The van der Waals surface area contributed by atoms with Gasteiger partial charge in [-0.25, -0.2) is 13.4 Å². The Morgan fingerprint density at radius 1 is 0.971 bits per heavy atom. The van der Waals surface area contributed by atoms with Gasteiger partial charge in [0.25, 0.3) is 15.6 Å². The molecule has 9 heteroatoms. The number of anilines is 1. The number of fused-ring (bicyclic) bond motifs is 2. The Labute approximate surface area is 192 Å². The molecule has 0 bridgehead atoms. The molecular weight excluding hydrogens is 456 g/mol. The average molecular weight is 474 g/mol. The van der Waals surface area contributed by atoms with E-state index < -0.39 is 21.0 Å². The van der Waals surface area contributed by atoms with Crippen LogP contribution in [0.2, 0.25) is 0 Å². The molecule has 0 atom stereocenters. The van der Waals surface area contributed by atoms with Crippen LogP contribution in [0.3, 0.4) is 0 Å². The summed E-state index contributed by atoms with van der Waals surface area (Å²) in [7, 11) is -2.70. The molecule has 3 aromatic carbocycles. The lowest BCUT2D eigenvalue weighted by molar-refractivity contribution is 0.418. The maximum Gasteiger partial charge on any atom is 0.281 e. The SMILES string of the molecule is COc1cc(NS(=O)(=O)c2ccccc2)c2c3c1nc(=O)/c(=C(\C)O)c=3c1ccccc1c2=O. The predicted molar refractivity (Wildman–Crippen MR) is 129 cm³/mol. The molecule has 0 radical (unpaired) electrons. The number of rotatable bonds is 4. The van der Waals surface area contributed by atoms with E-state index in [9.17, 15) is 23.1 Å². The molecule has 1 heterocycles. The van der Waals surface area contributed by atoms with E-state index in [1.807, 2.05) is 0 Å². The second-order valence-corrected chi connectivity index (χ2v) is 9.45. The predicted octanol–water partition coefficient (Wildman–Crippen LogP) is 2.49. The van der Waals surface area contributed by atoms with Crippen molar-refractivity contribution in [2.24, 2.45) is 0 Å². The van der Waals surface area contributed by atoms with Crippen LogP contribution in [0.1, 0.15) is 6.92 Å². The summed E-state index contributed by atoms with van der Waals surface area (Å²) in [6.45, 7) is 1.36. The molecule has 3 aromatic rings. The van der Waals surface area contributed by atoms with E-state index in [4.69, 9.17) is 4.74 Å². The number of aliphatic hydroxyl groups excluding tert-OH is 1. The maximum absolute atomic E-state index is 13.7. The minimum Gasteiger partial charge on any atom is -0.512 e. The zero-order chi connectivity index (χ0) is 24.2. The van der Waals surface area contributed by atoms with Gasteiger partial charge in [-0.1, -0.05) is 42.5 Å². The number of aromatic nitrogens is 1. The summed E-state index contributed by atoms with van der Waals surface area (Å²) in [6.07, 6.45) is 0. The first-order valence-corrected chi connectivity index (χ1v) is 11.7. The topological polar surface area (TPSA) is 123 Å². The quantitative estimate of drug-likeness (QED) is 0.410. The number of nitrogens with one attached hydrogen (secondary N) is 1. The van der Waals surface area contributed by atoms with Crippen molar-refractivity contribution >= 4 is 43.1 Å². The molecule has 34 heavy (non-hydrogen) atoms. The normalized spacial score (nSPS) is 12.9. The van der Waals surface area contributed by atoms with Crippen molar-refractivity contribution < 1.29 is 18.3 Å². The van der Waals surface area contributed by atoms with E-state index in [2.05, 4.69) is 9.71 Å². The third-order valence-corrected chi connectivity index (χ3v) is 7.12. The highest BCUT2D eigenvalue weighted by Crippen LogP contribution is 2.32. The molecule has 0 spiro atoms. The van der Waals surface area contributed by atoms with Gasteiger partial charge in [-0.15, -0.1) is 0 Å². The highest BCUT2D eigenvalue weighted by atomic mass is 32.2. The summed E-state index contributed by atoms with van der Waals surface area (Å²) < 4.78 is 34.2. The van der Waals surface area contributed by atoms with Crippen molar-refractivity contribution in [2.75, 3.05) is 11.8 Å². The summed E-state index contributed by atoms with van der Waals surface area (Å²) in [6, 6.07) is 15.7. The van der Waals surface area contributed by atoms with Crippen LogP contribution < -0.4 is 25.7 Å². The molecule has 0 amide bonds. The number of sulfonamides is 1. The van der Waals surface area contributed by atoms with E-state index in [0.29, 0.717) is 10.6 Å². The van der Waals surface area contributed by atoms with E-state index in [1.165, 1.54) is 32.2 Å². The molecule has 0 unspecified atom stereocenters. The van der Waals surface area contributed by atoms with Crippen LogP contribution in [0.15, 0.2) is 75.1 Å². The fourth-order valence-electron chi connectivity index (χ4n) is 4.31. The molecule has 2 aliphatic rings. The number of nitrogens with zero attached hydrogens (tertiary/aromatic N) is 1. The lowest BCUT2D eigenvalue weighted by Gasteiger charge is -2.15. The highest BCUT2D eigenvalue weighted by Gasteiger charge is 2.23. The van der Waals surface area contributed by atoms with Crippen LogP contribution >= 0.6 is 0 Å². The summed E-state index contributed by atoms with van der Waals surface area (Å²) >= 11 is 0. The highest BCUT2D eigenvalue weighted by molar-refractivity contribution is 7.92. The van der Waals surface area contributed by atoms with Crippen molar-refractivity contribution in [2.45, 2.75) is 11.8 Å². The summed E-state index contributed by atoms with van der Waals surface area (Å²) in [5.74, 6) is -0.157. The Morgan fingerprint density at radius 3 is 2.26 bits per heavy atom. The van der Waals surface area contributed by atoms with Crippen LogP contribution in [-0.4, -0.2) is 25.6 Å². The van der Waals surface area contributed by atoms with Crippen molar-refractivity contribution in [1.29, 1.82) is 0 Å². The number of ether oxygens (including phenoxy) is 1. The van der Waals surface area contributed by atoms with Gasteiger partial charge in [0.15, 0.2) is 5.43 Å². The Hall–Kier alpha value is -4.24. The largest absolute Gasteiger partial charge is 0.512 e. The third-order valence-electron chi connectivity index (χ3n) is 5.74. The van der Waals surface area contributed by atoms with E-state index in [0.717, 1.165) is 0 Å². The molecule has 2 N–H and O–H groups in total. The standard InChI is InChI=1S/C25H18N2O6S/c1-13(28)19-20-15-10-6-7-11-16(15)24(29)21-17(27-34(31,32)14-8-4-3-5-9-14)12-18(33-2)23(22(20)21)26-25(19)30/h3-12,27-28H,1-2H3/b19-13+. The van der Waals surface area contributed by atoms with E-state index in [1.54, 1.807) is 42.5 Å². The number of hydrogen-bond donors (Lipinski definition) is 2. The van der Waals surface area contributed by atoms with Gasteiger partial charge >= 0.3 is 0 Å². The summed E-state index contributed by atoms with van der Waals surface area (Å²) in [4.78, 5) is 30.7. The first kappa shape index (κ1) is 21.6. The molecule has 1 aliphatic heterocycles. The van der Waals surface area contributed by atoms with Crippen molar-refractivity contribution in [1.82, 2.24) is 4.98 Å².